The van der Waals surface area contributed by atoms with Crippen molar-refractivity contribution in [2.24, 2.45) is 0 Å². The van der Waals surface area contributed by atoms with Gasteiger partial charge in [-0.1, -0.05) is 12.1 Å². The molecule has 0 atom stereocenters. The van der Waals surface area contributed by atoms with Crippen molar-refractivity contribution in [1.82, 2.24) is 4.98 Å². The summed E-state index contributed by atoms with van der Waals surface area (Å²) in [5.74, 6) is 0. The van der Waals surface area contributed by atoms with E-state index in [9.17, 15) is 4.79 Å². The van der Waals surface area contributed by atoms with Crippen LogP contribution >= 0.6 is 0 Å². The van der Waals surface area contributed by atoms with E-state index >= 15 is 0 Å². The minimum absolute atomic E-state index is 0.0290. The number of nitrogens with one attached hydrogen (secondary N) is 1. The number of H-pyrrole nitrogens is 1. The minimum Gasteiger partial charge on any atom is -0.378 e. The van der Waals surface area contributed by atoms with Crippen LogP contribution in [0.1, 0.15) is 5.56 Å². The maximum atomic E-state index is 11.3. The summed E-state index contributed by atoms with van der Waals surface area (Å²) >= 11 is 0. The monoisotopic (exact) mass is 228 g/mol. The molecule has 2 aromatic rings. The molecule has 0 fully saturated rings. The zero-order chi connectivity index (χ0) is 12.4. The normalized spacial score (nSPS) is 10.3. The van der Waals surface area contributed by atoms with Gasteiger partial charge in [-0.05, 0) is 36.2 Å². The number of aromatic nitrogens is 1. The van der Waals surface area contributed by atoms with E-state index in [1.54, 1.807) is 6.20 Å². The molecule has 1 N–H and O–H groups in total. The van der Waals surface area contributed by atoms with E-state index in [2.05, 4.69) is 34.1 Å². The fourth-order valence-corrected chi connectivity index (χ4v) is 1.72. The highest BCUT2D eigenvalue weighted by Crippen LogP contribution is 2.21. The molecule has 0 aliphatic carbocycles. The molecule has 88 valence electrons. The summed E-state index contributed by atoms with van der Waals surface area (Å²) in [5, 5.41) is 0. The van der Waals surface area contributed by atoms with Gasteiger partial charge in [0.15, 0.2) is 0 Å². The van der Waals surface area contributed by atoms with Crippen LogP contribution in [-0.4, -0.2) is 19.1 Å². The van der Waals surface area contributed by atoms with Crippen LogP contribution in [0.2, 0.25) is 0 Å². The van der Waals surface area contributed by atoms with Crippen LogP contribution in [0.3, 0.4) is 0 Å². The minimum atomic E-state index is -0.0290. The first-order chi connectivity index (χ1) is 8.08. The summed E-state index contributed by atoms with van der Waals surface area (Å²) in [6, 6.07) is 10.2. The van der Waals surface area contributed by atoms with Crippen LogP contribution in [0.15, 0.2) is 41.3 Å². The third-order valence-corrected chi connectivity index (χ3v) is 2.81. The van der Waals surface area contributed by atoms with E-state index in [0.717, 1.165) is 22.4 Å². The molecular weight excluding hydrogens is 212 g/mol. The van der Waals surface area contributed by atoms with E-state index < -0.39 is 0 Å². The van der Waals surface area contributed by atoms with Crippen LogP contribution in [0, 0.1) is 6.92 Å². The molecule has 0 saturated heterocycles. The molecule has 2 rings (SSSR count). The van der Waals surface area contributed by atoms with Gasteiger partial charge in [0, 0.05) is 31.5 Å². The van der Waals surface area contributed by atoms with Gasteiger partial charge in [0.05, 0.1) is 0 Å². The Bertz CT molecular complexity index is 568. The van der Waals surface area contributed by atoms with Crippen molar-refractivity contribution >= 4 is 5.69 Å². The van der Waals surface area contributed by atoms with Crippen LogP contribution < -0.4 is 10.5 Å². The van der Waals surface area contributed by atoms with Gasteiger partial charge in [0.2, 0.25) is 0 Å². The molecule has 0 radical (unpaired) electrons. The van der Waals surface area contributed by atoms with Crippen molar-refractivity contribution in [3.05, 3.63) is 52.4 Å². The van der Waals surface area contributed by atoms with Crippen LogP contribution in [0.4, 0.5) is 5.69 Å². The van der Waals surface area contributed by atoms with Gasteiger partial charge in [-0.2, -0.15) is 0 Å². The Labute approximate surface area is 101 Å². The van der Waals surface area contributed by atoms with E-state index in [4.69, 9.17) is 0 Å². The van der Waals surface area contributed by atoms with Gasteiger partial charge in [-0.15, -0.1) is 0 Å². The third kappa shape index (κ3) is 2.38. The zero-order valence-electron chi connectivity index (χ0n) is 10.3. The molecule has 3 nitrogen and oxygen atoms in total. The molecule has 0 saturated carbocycles. The second-order valence-electron chi connectivity index (χ2n) is 4.34. The predicted octanol–water partition coefficient (Wildman–Crippen LogP) is 2.42. The summed E-state index contributed by atoms with van der Waals surface area (Å²) in [6.07, 6.45) is 1.75. The average molecular weight is 228 g/mol. The van der Waals surface area contributed by atoms with Gasteiger partial charge in [0.1, 0.15) is 0 Å². The molecule has 0 unspecified atom stereocenters. The summed E-state index contributed by atoms with van der Waals surface area (Å²) in [4.78, 5) is 16.1. The first kappa shape index (κ1) is 11.5. The van der Waals surface area contributed by atoms with E-state index in [1.165, 1.54) is 0 Å². The molecule has 17 heavy (non-hydrogen) atoms. The Kier molecular flexibility index (Phi) is 3.00. The van der Waals surface area contributed by atoms with Crippen LogP contribution in [0.5, 0.6) is 0 Å². The Morgan fingerprint density at radius 1 is 1.06 bits per heavy atom. The van der Waals surface area contributed by atoms with Gasteiger partial charge in [0.25, 0.3) is 5.56 Å². The lowest BCUT2D eigenvalue weighted by molar-refractivity contribution is 1.13. The smallest absolute Gasteiger partial charge is 0.250 e. The number of nitrogens with zero attached hydrogens (tertiary/aromatic N) is 1. The highest BCUT2D eigenvalue weighted by Gasteiger charge is 2.01. The maximum absolute atomic E-state index is 11.3. The lowest BCUT2D eigenvalue weighted by atomic mass is 10.1. The number of pyridine rings is 1. The zero-order valence-corrected chi connectivity index (χ0v) is 10.3. The number of aromatic amines is 1. The number of hydrogen-bond acceptors (Lipinski definition) is 2. The topological polar surface area (TPSA) is 36.1 Å². The molecule has 1 aromatic heterocycles. The lowest BCUT2D eigenvalue weighted by Gasteiger charge is -2.12. The van der Waals surface area contributed by atoms with E-state index in [1.807, 2.05) is 27.1 Å². The second-order valence-corrected chi connectivity index (χ2v) is 4.34. The predicted molar refractivity (Wildman–Crippen MR) is 71.6 cm³/mol. The van der Waals surface area contributed by atoms with E-state index in [-0.39, 0.29) is 5.56 Å². The molecular formula is C14H16N2O. The molecule has 0 bridgehead atoms. The van der Waals surface area contributed by atoms with Crippen molar-refractivity contribution in [3.8, 4) is 11.1 Å². The van der Waals surface area contributed by atoms with Gasteiger partial charge < -0.3 is 9.88 Å². The molecule has 0 amide bonds. The van der Waals surface area contributed by atoms with Crippen LogP contribution in [0.25, 0.3) is 11.1 Å². The SMILES string of the molecule is Cc1cc(-c2ccc(N(C)C)cc2)c[nH]c1=O. The van der Waals surface area contributed by atoms with Crippen molar-refractivity contribution < 1.29 is 0 Å². The molecule has 0 aliphatic heterocycles. The Morgan fingerprint density at radius 2 is 1.71 bits per heavy atom. The highest BCUT2D eigenvalue weighted by atomic mass is 16.1. The standard InChI is InChI=1S/C14H16N2O/c1-10-8-12(9-15-14(10)17)11-4-6-13(7-5-11)16(2)3/h4-9H,1-3H3,(H,15,17). The first-order valence-corrected chi connectivity index (χ1v) is 5.55. The van der Waals surface area contributed by atoms with Crippen molar-refractivity contribution in [2.45, 2.75) is 6.92 Å². The maximum Gasteiger partial charge on any atom is 0.250 e. The number of anilines is 1. The fourth-order valence-electron chi connectivity index (χ4n) is 1.72. The van der Waals surface area contributed by atoms with Crippen molar-refractivity contribution in [2.75, 3.05) is 19.0 Å². The molecule has 3 heteroatoms. The van der Waals surface area contributed by atoms with E-state index in [0.29, 0.717) is 0 Å². The number of hydrogen-bond donors (Lipinski definition) is 1. The summed E-state index contributed by atoms with van der Waals surface area (Å²) < 4.78 is 0. The highest BCUT2D eigenvalue weighted by molar-refractivity contribution is 5.65. The number of benzene rings is 1. The fraction of sp³-hybridized carbons (Fsp3) is 0.214. The van der Waals surface area contributed by atoms with Crippen molar-refractivity contribution in [3.63, 3.8) is 0 Å². The van der Waals surface area contributed by atoms with Crippen molar-refractivity contribution in [1.29, 1.82) is 0 Å². The lowest BCUT2D eigenvalue weighted by Crippen LogP contribution is -2.08. The summed E-state index contributed by atoms with van der Waals surface area (Å²) in [7, 11) is 4.03. The Morgan fingerprint density at radius 3 is 2.24 bits per heavy atom. The summed E-state index contributed by atoms with van der Waals surface area (Å²) in [6.45, 7) is 1.82. The average Bonchev–Trinajstić information content (AvgIpc) is 2.33. The first-order valence-electron chi connectivity index (χ1n) is 5.55. The van der Waals surface area contributed by atoms with Crippen LogP contribution in [-0.2, 0) is 0 Å². The summed E-state index contributed by atoms with van der Waals surface area (Å²) in [5.41, 5.74) is 4.01. The molecule has 1 aromatic carbocycles. The second kappa shape index (κ2) is 4.45. The quantitative estimate of drug-likeness (QED) is 0.857. The number of rotatable bonds is 2. The Hall–Kier alpha value is -2.03. The van der Waals surface area contributed by atoms with Gasteiger partial charge >= 0.3 is 0 Å². The molecule has 0 spiro atoms. The third-order valence-electron chi connectivity index (χ3n) is 2.81. The number of aryl methyl sites for hydroxylation is 1. The Balaban J connectivity index is 2.39. The molecule has 0 aliphatic rings. The van der Waals surface area contributed by atoms with Gasteiger partial charge in [-0.25, -0.2) is 0 Å². The molecule has 1 heterocycles. The largest absolute Gasteiger partial charge is 0.378 e. The van der Waals surface area contributed by atoms with Gasteiger partial charge in [-0.3, -0.25) is 4.79 Å².